The van der Waals surface area contributed by atoms with Crippen LogP contribution in [0.2, 0.25) is 0 Å². The van der Waals surface area contributed by atoms with Crippen molar-refractivity contribution in [3.8, 4) is 0 Å². The normalized spacial score (nSPS) is 11.3. The summed E-state index contributed by atoms with van der Waals surface area (Å²) in [4.78, 5) is 6.12. The van der Waals surface area contributed by atoms with E-state index in [2.05, 4.69) is 15.3 Å². The molecule has 0 aliphatic rings. The second kappa shape index (κ2) is 5.14. The van der Waals surface area contributed by atoms with Crippen LogP contribution in [-0.4, -0.2) is 28.8 Å². The zero-order valence-electron chi connectivity index (χ0n) is 10.1. The molecule has 0 spiro atoms. The van der Waals surface area contributed by atoms with Gasteiger partial charge in [-0.25, -0.2) is 10.8 Å². The number of aliphatic hydroxyl groups is 1. The highest BCUT2D eigenvalue weighted by Gasteiger charge is 2.17. The van der Waals surface area contributed by atoms with Crippen LogP contribution in [-0.2, 0) is 0 Å². The van der Waals surface area contributed by atoms with E-state index in [1.165, 1.54) is 0 Å². The summed E-state index contributed by atoms with van der Waals surface area (Å²) in [5.74, 6) is 5.92. The molecule has 1 aromatic heterocycles. The van der Waals surface area contributed by atoms with Gasteiger partial charge in [0.05, 0.1) is 5.60 Å². The van der Waals surface area contributed by atoms with Gasteiger partial charge in [0, 0.05) is 31.0 Å². The molecule has 4 N–H and O–H groups in total. The average molecular weight is 224 g/mol. The largest absolute Gasteiger partial charge is 0.389 e. The monoisotopic (exact) mass is 224 g/mol. The predicted molar refractivity (Wildman–Crippen MR) is 66.2 cm³/mol. The van der Waals surface area contributed by atoms with Crippen LogP contribution in [0.1, 0.15) is 20.8 Å². The first-order valence-electron chi connectivity index (χ1n) is 5.36. The number of nitrogens with zero attached hydrogens (tertiary/aromatic N) is 2. The molecule has 5 heteroatoms. The molecule has 0 radical (unpaired) electrons. The van der Waals surface area contributed by atoms with Crippen molar-refractivity contribution in [3.05, 3.63) is 18.3 Å². The van der Waals surface area contributed by atoms with E-state index in [9.17, 15) is 5.11 Å². The summed E-state index contributed by atoms with van der Waals surface area (Å²) in [6.07, 6.45) is 1.69. The van der Waals surface area contributed by atoms with Gasteiger partial charge in [0.2, 0.25) is 0 Å². The Hall–Kier alpha value is -1.33. The molecule has 0 aromatic carbocycles. The molecule has 0 saturated carbocycles. The molecule has 90 valence electrons. The third-order valence-corrected chi connectivity index (χ3v) is 2.22. The number of likely N-dealkylation sites (N-methyl/N-ethyl adjacent to an activating group) is 1. The minimum atomic E-state index is -0.727. The summed E-state index contributed by atoms with van der Waals surface area (Å²) in [6, 6.07) is 3.76. The van der Waals surface area contributed by atoms with Crippen molar-refractivity contribution in [2.45, 2.75) is 26.4 Å². The van der Waals surface area contributed by atoms with Crippen molar-refractivity contribution in [1.82, 2.24) is 4.98 Å². The molecule has 0 unspecified atom stereocenters. The quantitative estimate of drug-likeness (QED) is 0.513. The van der Waals surface area contributed by atoms with Crippen molar-refractivity contribution in [2.75, 3.05) is 23.4 Å². The SMILES string of the molecule is CCN(CC(C)(C)O)c1ccnc(NN)c1. The number of nitrogens with one attached hydrogen (secondary N) is 1. The molecule has 0 aliphatic heterocycles. The second-order valence-corrected chi connectivity index (χ2v) is 4.37. The number of pyridine rings is 1. The van der Waals surface area contributed by atoms with E-state index in [0.717, 1.165) is 12.2 Å². The van der Waals surface area contributed by atoms with Crippen molar-refractivity contribution in [3.63, 3.8) is 0 Å². The van der Waals surface area contributed by atoms with Gasteiger partial charge in [0.15, 0.2) is 0 Å². The maximum absolute atomic E-state index is 9.81. The maximum atomic E-state index is 9.81. The number of nitrogens with two attached hydrogens (primary N) is 1. The van der Waals surface area contributed by atoms with Crippen LogP contribution in [0.3, 0.4) is 0 Å². The fourth-order valence-corrected chi connectivity index (χ4v) is 1.55. The zero-order chi connectivity index (χ0) is 12.2. The summed E-state index contributed by atoms with van der Waals surface area (Å²) >= 11 is 0. The van der Waals surface area contributed by atoms with E-state index in [1.54, 1.807) is 20.0 Å². The Bertz CT molecular complexity index is 335. The highest BCUT2D eigenvalue weighted by molar-refractivity contribution is 5.53. The Morgan fingerprint density at radius 2 is 2.25 bits per heavy atom. The number of anilines is 2. The topological polar surface area (TPSA) is 74.4 Å². The van der Waals surface area contributed by atoms with Gasteiger partial charge in [0.1, 0.15) is 5.82 Å². The lowest BCUT2D eigenvalue weighted by Crippen LogP contribution is -2.38. The number of hydrogen-bond acceptors (Lipinski definition) is 5. The van der Waals surface area contributed by atoms with Gasteiger partial charge in [-0.15, -0.1) is 0 Å². The molecule has 5 nitrogen and oxygen atoms in total. The van der Waals surface area contributed by atoms with Crippen molar-refractivity contribution in [1.29, 1.82) is 0 Å². The van der Waals surface area contributed by atoms with Gasteiger partial charge in [-0.1, -0.05) is 0 Å². The second-order valence-electron chi connectivity index (χ2n) is 4.37. The van der Waals surface area contributed by atoms with Crippen LogP contribution >= 0.6 is 0 Å². The first-order chi connectivity index (χ1) is 7.46. The number of nitrogen functional groups attached to an aromatic ring is 1. The molecule has 1 aromatic rings. The Morgan fingerprint density at radius 3 is 2.75 bits per heavy atom. The maximum Gasteiger partial charge on any atom is 0.141 e. The number of hydrogen-bond donors (Lipinski definition) is 3. The summed E-state index contributed by atoms with van der Waals surface area (Å²) in [5.41, 5.74) is 2.78. The zero-order valence-corrected chi connectivity index (χ0v) is 10.1. The van der Waals surface area contributed by atoms with Gasteiger partial charge < -0.3 is 15.4 Å². The average Bonchev–Trinajstić information content (AvgIpc) is 2.25. The molecule has 0 amide bonds. The molecule has 0 aliphatic carbocycles. The minimum Gasteiger partial charge on any atom is -0.389 e. The molecule has 0 saturated heterocycles. The van der Waals surface area contributed by atoms with E-state index in [1.807, 2.05) is 19.1 Å². The lowest BCUT2D eigenvalue weighted by atomic mass is 10.1. The van der Waals surface area contributed by atoms with Crippen LogP contribution in [0.15, 0.2) is 18.3 Å². The van der Waals surface area contributed by atoms with Gasteiger partial charge in [-0.3, -0.25) is 0 Å². The highest BCUT2D eigenvalue weighted by Crippen LogP contribution is 2.18. The van der Waals surface area contributed by atoms with Crippen LogP contribution in [0.25, 0.3) is 0 Å². The Morgan fingerprint density at radius 1 is 1.56 bits per heavy atom. The first kappa shape index (κ1) is 12.7. The molecule has 0 bridgehead atoms. The Labute approximate surface area is 96.3 Å². The van der Waals surface area contributed by atoms with Crippen LogP contribution in [0.4, 0.5) is 11.5 Å². The van der Waals surface area contributed by atoms with E-state index in [-0.39, 0.29) is 0 Å². The van der Waals surface area contributed by atoms with E-state index < -0.39 is 5.60 Å². The predicted octanol–water partition coefficient (Wildman–Crippen LogP) is 0.964. The molecule has 1 heterocycles. The van der Waals surface area contributed by atoms with Gasteiger partial charge >= 0.3 is 0 Å². The molecule has 16 heavy (non-hydrogen) atoms. The fraction of sp³-hybridized carbons (Fsp3) is 0.545. The third-order valence-electron chi connectivity index (χ3n) is 2.22. The van der Waals surface area contributed by atoms with Crippen LogP contribution in [0.5, 0.6) is 0 Å². The molecular weight excluding hydrogens is 204 g/mol. The molecular formula is C11H20N4O. The van der Waals surface area contributed by atoms with Gasteiger partial charge in [0.25, 0.3) is 0 Å². The standard InChI is InChI=1S/C11H20N4O/c1-4-15(8-11(2,3)16)9-5-6-13-10(7-9)14-12/h5-7,16H,4,8,12H2,1-3H3,(H,13,14). The van der Waals surface area contributed by atoms with Gasteiger partial charge in [-0.2, -0.15) is 0 Å². The first-order valence-corrected chi connectivity index (χ1v) is 5.36. The minimum absolute atomic E-state index is 0.567. The van der Waals surface area contributed by atoms with Crippen molar-refractivity contribution in [2.24, 2.45) is 5.84 Å². The molecule has 0 fully saturated rings. The van der Waals surface area contributed by atoms with Crippen LogP contribution in [0, 0.1) is 0 Å². The molecule has 0 atom stereocenters. The lowest BCUT2D eigenvalue weighted by Gasteiger charge is -2.30. The summed E-state index contributed by atoms with van der Waals surface area (Å²) in [7, 11) is 0. The van der Waals surface area contributed by atoms with E-state index in [0.29, 0.717) is 12.4 Å². The third kappa shape index (κ3) is 3.67. The Balaban J connectivity index is 2.86. The fourth-order valence-electron chi connectivity index (χ4n) is 1.55. The molecule has 1 rings (SSSR count). The summed E-state index contributed by atoms with van der Waals surface area (Å²) in [6.45, 7) is 7.01. The smallest absolute Gasteiger partial charge is 0.141 e. The van der Waals surface area contributed by atoms with Crippen molar-refractivity contribution < 1.29 is 5.11 Å². The van der Waals surface area contributed by atoms with Gasteiger partial charge in [-0.05, 0) is 26.8 Å². The number of hydrazine groups is 1. The van der Waals surface area contributed by atoms with E-state index in [4.69, 9.17) is 5.84 Å². The highest BCUT2D eigenvalue weighted by atomic mass is 16.3. The van der Waals surface area contributed by atoms with Crippen molar-refractivity contribution >= 4 is 11.5 Å². The van der Waals surface area contributed by atoms with E-state index >= 15 is 0 Å². The summed E-state index contributed by atoms with van der Waals surface area (Å²) in [5, 5.41) is 9.81. The Kier molecular flexibility index (Phi) is 4.09. The van der Waals surface area contributed by atoms with Crippen LogP contribution < -0.4 is 16.2 Å². The number of aromatic nitrogens is 1. The lowest BCUT2D eigenvalue weighted by molar-refractivity contribution is 0.0876. The number of rotatable bonds is 5. The summed E-state index contributed by atoms with van der Waals surface area (Å²) < 4.78 is 0.